The van der Waals surface area contributed by atoms with Crippen molar-refractivity contribution >= 4 is 0 Å². The molecular formula is C11H18N2O. The fourth-order valence-electron chi connectivity index (χ4n) is 1.52. The highest BCUT2D eigenvalue weighted by Crippen LogP contribution is 2.12. The molecule has 1 atom stereocenters. The first-order valence-electron chi connectivity index (χ1n) is 4.76. The molecule has 0 saturated heterocycles. The van der Waals surface area contributed by atoms with Crippen molar-refractivity contribution in [3.63, 3.8) is 0 Å². The summed E-state index contributed by atoms with van der Waals surface area (Å²) in [4.78, 5) is 2.06. The van der Waals surface area contributed by atoms with E-state index in [1.165, 1.54) is 0 Å². The van der Waals surface area contributed by atoms with E-state index in [0.29, 0.717) is 5.75 Å². The van der Waals surface area contributed by atoms with Gasteiger partial charge in [0.1, 0.15) is 5.75 Å². The summed E-state index contributed by atoms with van der Waals surface area (Å²) in [5.74, 6) is 0.305. The highest BCUT2D eigenvalue weighted by molar-refractivity contribution is 5.27. The summed E-state index contributed by atoms with van der Waals surface area (Å²) >= 11 is 0. The second-order valence-corrected chi connectivity index (χ2v) is 3.90. The summed E-state index contributed by atoms with van der Waals surface area (Å²) in [6.45, 7) is 0.857. The molecule has 0 amide bonds. The summed E-state index contributed by atoms with van der Waals surface area (Å²) in [5.41, 5.74) is 7.02. The Morgan fingerprint density at radius 3 is 2.71 bits per heavy atom. The number of aromatic hydroxyl groups is 1. The van der Waals surface area contributed by atoms with Gasteiger partial charge < -0.3 is 15.7 Å². The lowest BCUT2D eigenvalue weighted by Crippen LogP contribution is -2.34. The molecule has 78 valence electrons. The molecule has 1 aromatic rings. The smallest absolute Gasteiger partial charge is 0.115 e. The molecule has 1 unspecified atom stereocenters. The number of nitrogens with two attached hydrogens (primary N) is 1. The Balaban J connectivity index is 2.51. The molecule has 0 aromatic heterocycles. The van der Waals surface area contributed by atoms with Gasteiger partial charge in [-0.15, -0.1) is 0 Å². The van der Waals surface area contributed by atoms with Crippen molar-refractivity contribution in [3.05, 3.63) is 29.8 Å². The highest BCUT2D eigenvalue weighted by atomic mass is 16.3. The number of likely N-dealkylation sites (N-methyl/N-ethyl adjacent to an activating group) is 1. The van der Waals surface area contributed by atoms with Gasteiger partial charge in [-0.25, -0.2) is 0 Å². The van der Waals surface area contributed by atoms with Gasteiger partial charge in [-0.2, -0.15) is 0 Å². The van der Waals surface area contributed by atoms with Crippen molar-refractivity contribution in [1.82, 2.24) is 4.90 Å². The number of hydrogen-bond acceptors (Lipinski definition) is 3. The van der Waals surface area contributed by atoms with Gasteiger partial charge in [0, 0.05) is 12.6 Å². The second kappa shape index (κ2) is 4.98. The molecule has 0 radical (unpaired) electrons. The van der Waals surface area contributed by atoms with E-state index < -0.39 is 0 Å². The molecule has 3 nitrogen and oxygen atoms in total. The minimum absolute atomic E-state index is 0.117. The first kappa shape index (κ1) is 11.0. The van der Waals surface area contributed by atoms with Crippen molar-refractivity contribution < 1.29 is 5.11 Å². The van der Waals surface area contributed by atoms with Crippen LogP contribution in [-0.2, 0) is 6.42 Å². The Kier molecular flexibility index (Phi) is 3.92. The summed E-state index contributed by atoms with van der Waals surface area (Å²) in [6, 6.07) is 7.37. The first-order chi connectivity index (χ1) is 6.58. The topological polar surface area (TPSA) is 49.5 Å². The number of hydrogen-bond donors (Lipinski definition) is 2. The molecule has 0 aliphatic heterocycles. The van der Waals surface area contributed by atoms with Crippen LogP contribution in [-0.4, -0.2) is 36.7 Å². The lowest BCUT2D eigenvalue weighted by Gasteiger charge is -2.16. The minimum Gasteiger partial charge on any atom is -0.508 e. The molecule has 0 aliphatic rings. The number of phenolic OH excluding ortho intramolecular Hbond substituents is 1. The number of benzene rings is 1. The van der Waals surface area contributed by atoms with Gasteiger partial charge in [-0.1, -0.05) is 12.1 Å². The van der Waals surface area contributed by atoms with Crippen LogP contribution >= 0.6 is 0 Å². The third kappa shape index (κ3) is 3.77. The van der Waals surface area contributed by atoms with Crippen LogP contribution in [0.15, 0.2) is 24.3 Å². The Morgan fingerprint density at radius 1 is 1.43 bits per heavy atom. The number of phenols is 1. The molecule has 0 heterocycles. The first-order valence-corrected chi connectivity index (χ1v) is 4.76. The predicted octanol–water partition coefficient (Wildman–Crippen LogP) is 0.824. The number of nitrogens with zero attached hydrogens (tertiary/aromatic N) is 1. The van der Waals surface area contributed by atoms with Crippen LogP contribution < -0.4 is 5.73 Å². The van der Waals surface area contributed by atoms with Crippen LogP contribution in [0, 0.1) is 0 Å². The second-order valence-electron chi connectivity index (χ2n) is 3.90. The lowest BCUT2D eigenvalue weighted by molar-refractivity contribution is 0.371. The average molecular weight is 194 g/mol. The standard InChI is InChI=1S/C11H18N2O/c1-13(2)8-10(12)6-9-4-3-5-11(14)7-9/h3-5,7,10,14H,6,8,12H2,1-2H3. The predicted molar refractivity (Wildman–Crippen MR) is 58.3 cm³/mol. The van der Waals surface area contributed by atoms with Gasteiger partial charge in [0.05, 0.1) is 0 Å². The third-order valence-electron chi connectivity index (χ3n) is 2.01. The Morgan fingerprint density at radius 2 is 2.14 bits per heavy atom. The fraction of sp³-hybridized carbons (Fsp3) is 0.455. The van der Waals surface area contributed by atoms with E-state index in [-0.39, 0.29) is 6.04 Å². The maximum Gasteiger partial charge on any atom is 0.115 e. The molecule has 3 heteroatoms. The molecule has 0 saturated carbocycles. The van der Waals surface area contributed by atoms with Crippen molar-refractivity contribution in [2.75, 3.05) is 20.6 Å². The average Bonchev–Trinajstić information content (AvgIpc) is 2.01. The van der Waals surface area contributed by atoms with Crippen LogP contribution in [0.1, 0.15) is 5.56 Å². The quantitative estimate of drug-likeness (QED) is 0.746. The van der Waals surface area contributed by atoms with Crippen LogP contribution in [0.3, 0.4) is 0 Å². The monoisotopic (exact) mass is 194 g/mol. The molecular weight excluding hydrogens is 176 g/mol. The molecule has 0 fully saturated rings. The van der Waals surface area contributed by atoms with Crippen LogP contribution in [0.4, 0.5) is 0 Å². The summed E-state index contributed by atoms with van der Waals surface area (Å²) in [5, 5.41) is 9.26. The van der Waals surface area contributed by atoms with Crippen molar-refractivity contribution in [2.24, 2.45) is 5.73 Å². The minimum atomic E-state index is 0.117. The summed E-state index contributed by atoms with van der Waals surface area (Å²) in [7, 11) is 4.00. The third-order valence-corrected chi connectivity index (χ3v) is 2.01. The maximum absolute atomic E-state index is 9.26. The van der Waals surface area contributed by atoms with Crippen LogP contribution in [0.5, 0.6) is 5.75 Å². The van der Waals surface area contributed by atoms with Crippen molar-refractivity contribution in [3.8, 4) is 5.75 Å². The normalized spacial score (nSPS) is 13.1. The van der Waals surface area contributed by atoms with Crippen LogP contribution in [0.2, 0.25) is 0 Å². The van der Waals surface area contributed by atoms with E-state index in [1.54, 1.807) is 12.1 Å². The van der Waals surface area contributed by atoms with Crippen LogP contribution in [0.25, 0.3) is 0 Å². The van der Waals surface area contributed by atoms with Crippen molar-refractivity contribution in [2.45, 2.75) is 12.5 Å². The molecule has 0 aliphatic carbocycles. The zero-order valence-electron chi connectivity index (χ0n) is 8.77. The summed E-state index contributed by atoms with van der Waals surface area (Å²) < 4.78 is 0. The molecule has 3 N–H and O–H groups in total. The van der Waals surface area contributed by atoms with E-state index >= 15 is 0 Å². The molecule has 0 spiro atoms. The SMILES string of the molecule is CN(C)CC(N)Cc1cccc(O)c1. The Hall–Kier alpha value is -1.06. The van der Waals surface area contributed by atoms with E-state index in [4.69, 9.17) is 5.73 Å². The van der Waals surface area contributed by atoms with E-state index in [9.17, 15) is 5.11 Å². The molecule has 14 heavy (non-hydrogen) atoms. The van der Waals surface area contributed by atoms with Gasteiger partial charge in [-0.3, -0.25) is 0 Å². The molecule has 1 aromatic carbocycles. The zero-order valence-corrected chi connectivity index (χ0v) is 8.77. The fourth-order valence-corrected chi connectivity index (χ4v) is 1.52. The molecule has 0 bridgehead atoms. The lowest BCUT2D eigenvalue weighted by atomic mass is 10.1. The Labute approximate surface area is 85.2 Å². The van der Waals surface area contributed by atoms with Gasteiger partial charge in [0.25, 0.3) is 0 Å². The van der Waals surface area contributed by atoms with Gasteiger partial charge in [-0.05, 0) is 38.2 Å². The van der Waals surface area contributed by atoms with E-state index in [0.717, 1.165) is 18.5 Å². The Bertz CT molecular complexity index is 286. The van der Waals surface area contributed by atoms with Crippen molar-refractivity contribution in [1.29, 1.82) is 0 Å². The van der Waals surface area contributed by atoms with Gasteiger partial charge >= 0.3 is 0 Å². The largest absolute Gasteiger partial charge is 0.508 e. The molecule has 1 rings (SSSR count). The van der Waals surface area contributed by atoms with E-state index in [1.807, 2.05) is 26.2 Å². The highest BCUT2D eigenvalue weighted by Gasteiger charge is 2.05. The number of rotatable bonds is 4. The zero-order chi connectivity index (χ0) is 10.6. The van der Waals surface area contributed by atoms with Gasteiger partial charge in [0.2, 0.25) is 0 Å². The maximum atomic E-state index is 9.26. The van der Waals surface area contributed by atoms with Gasteiger partial charge in [0.15, 0.2) is 0 Å². The summed E-state index contributed by atoms with van der Waals surface area (Å²) in [6.07, 6.45) is 0.798. The van der Waals surface area contributed by atoms with E-state index in [2.05, 4.69) is 4.90 Å².